The number of aryl methyl sites for hydroxylation is 1. The summed E-state index contributed by atoms with van der Waals surface area (Å²) >= 11 is 0. The van der Waals surface area contributed by atoms with E-state index in [0.29, 0.717) is 5.57 Å². The largest absolute Gasteiger partial charge is 0.510 e. The fourth-order valence-corrected chi connectivity index (χ4v) is 6.18. The fourth-order valence-electron chi connectivity index (χ4n) is 6.18. The average molecular weight is 433 g/mol. The van der Waals surface area contributed by atoms with Crippen molar-refractivity contribution in [3.05, 3.63) is 95.0 Å². The lowest BCUT2D eigenvalue weighted by Crippen LogP contribution is -2.64. The third-order valence-electron chi connectivity index (χ3n) is 7.62. The van der Waals surface area contributed by atoms with Gasteiger partial charge in [-0.1, -0.05) is 44.5 Å². The van der Waals surface area contributed by atoms with Crippen LogP contribution in [0.25, 0.3) is 11.1 Å². The first-order chi connectivity index (χ1) is 14.9. The van der Waals surface area contributed by atoms with Crippen LogP contribution in [-0.4, -0.2) is 52.1 Å². The number of nitrogens with zero attached hydrogens (tertiary/aromatic N) is 1. The quantitative estimate of drug-likeness (QED) is 0.575. The summed E-state index contributed by atoms with van der Waals surface area (Å²) in [4.78, 5) is 1.78. The fraction of sp³-hybridized carbons (Fsp3) is 0.333. The van der Waals surface area contributed by atoms with E-state index >= 15 is 0 Å². The first-order valence-corrected chi connectivity index (χ1v) is 10.7. The van der Waals surface area contributed by atoms with E-state index in [0.717, 1.165) is 33.4 Å². The maximum absolute atomic E-state index is 12.3. The van der Waals surface area contributed by atoms with Crippen LogP contribution in [-0.2, 0) is 0 Å². The molecule has 0 radical (unpaired) electrons. The van der Waals surface area contributed by atoms with Gasteiger partial charge in [0.25, 0.3) is 0 Å². The summed E-state index contributed by atoms with van der Waals surface area (Å²) < 4.78 is 0. The zero-order valence-corrected chi connectivity index (χ0v) is 19.2. The van der Waals surface area contributed by atoms with Gasteiger partial charge < -0.3 is 21.1 Å². The summed E-state index contributed by atoms with van der Waals surface area (Å²) in [6.45, 7) is 20.5. The second kappa shape index (κ2) is 7.07. The minimum Gasteiger partial charge on any atom is -0.510 e. The molecule has 0 saturated heterocycles. The van der Waals surface area contributed by atoms with Crippen molar-refractivity contribution in [1.29, 1.82) is 0 Å². The number of nitrogens with two attached hydrogens (primary N) is 1. The summed E-state index contributed by atoms with van der Waals surface area (Å²) in [5.74, 6) is -1.31. The number of aliphatic hydroxyl groups excluding tert-OH is 2. The van der Waals surface area contributed by atoms with E-state index in [9.17, 15) is 15.3 Å². The highest BCUT2D eigenvalue weighted by Crippen LogP contribution is 2.59. The molecule has 4 rings (SSSR count). The Bertz CT molecular complexity index is 1170. The first kappa shape index (κ1) is 22.3. The van der Waals surface area contributed by atoms with Gasteiger partial charge in [-0.25, -0.2) is 0 Å². The molecule has 168 valence electrons. The lowest BCUT2D eigenvalue weighted by Gasteiger charge is -2.56. The normalized spacial score (nSPS) is 32.2. The minimum absolute atomic E-state index is 0.0473. The lowest BCUT2D eigenvalue weighted by molar-refractivity contribution is -0.0811. The van der Waals surface area contributed by atoms with Crippen LogP contribution >= 0.6 is 0 Å². The Hall–Kier alpha value is -2.86. The molecule has 0 aliphatic heterocycles. The standard InChI is InChI=1S/C27H32N2O3/c1-12-10-9-11-18-13(2)21-20(14(3)19(12)18)15(4)27(32)16(5)22(17(6)28)26(31)24(29(7)8)23(27)25(21)30/h9-11,21,23-25,30-32H,2-3,5-6,28H2,1,4,7-8H3. The van der Waals surface area contributed by atoms with E-state index in [-0.39, 0.29) is 22.6 Å². The number of hydrogen-bond donors (Lipinski definition) is 4. The van der Waals surface area contributed by atoms with Crippen LogP contribution in [0.4, 0.5) is 0 Å². The zero-order valence-electron chi connectivity index (χ0n) is 19.2. The number of likely N-dealkylation sites (N-methyl/N-ethyl adjacent to an activating group) is 1. The van der Waals surface area contributed by atoms with Crippen molar-refractivity contribution in [2.45, 2.75) is 31.6 Å². The maximum Gasteiger partial charge on any atom is 0.119 e. The van der Waals surface area contributed by atoms with Crippen LogP contribution in [0.1, 0.15) is 23.6 Å². The minimum atomic E-state index is -1.65. The number of benzene rings is 1. The van der Waals surface area contributed by atoms with E-state index in [1.165, 1.54) is 0 Å². The summed E-state index contributed by atoms with van der Waals surface area (Å²) in [6.07, 6.45) is -1.05. The highest BCUT2D eigenvalue weighted by Gasteiger charge is 2.61. The Labute approximate surface area is 189 Å². The zero-order chi connectivity index (χ0) is 23.9. The first-order valence-electron chi connectivity index (χ1n) is 10.7. The second-order valence-electron chi connectivity index (χ2n) is 9.47. The molecule has 5 heteroatoms. The van der Waals surface area contributed by atoms with Gasteiger partial charge >= 0.3 is 0 Å². The Kier molecular flexibility index (Phi) is 4.94. The van der Waals surface area contributed by atoms with Crippen LogP contribution in [0.3, 0.4) is 0 Å². The summed E-state index contributed by atoms with van der Waals surface area (Å²) in [7, 11) is 3.59. The summed E-state index contributed by atoms with van der Waals surface area (Å²) in [6, 6.07) is 5.28. The molecule has 0 bridgehead atoms. The van der Waals surface area contributed by atoms with Crippen molar-refractivity contribution in [1.82, 2.24) is 4.90 Å². The lowest BCUT2D eigenvalue weighted by atomic mass is 9.53. The molecule has 0 amide bonds. The van der Waals surface area contributed by atoms with E-state index in [4.69, 9.17) is 5.73 Å². The maximum atomic E-state index is 12.3. The Balaban J connectivity index is 2.07. The number of allylic oxidation sites excluding steroid dienone is 2. The Morgan fingerprint density at radius 2 is 1.78 bits per heavy atom. The van der Waals surface area contributed by atoms with Crippen molar-refractivity contribution >= 4 is 11.1 Å². The molecule has 3 aliphatic rings. The van der Waals surface area contributed by atoms with Gasteiger partial charge in [0.15, 0.2) is 0 Å². The molecule has 5 N–H and O–H groups in total. The Morgan fingerprint density at radius 3 is 2.34 bits per heavy atom. The third-order valence-corrected chi connectivity index (χ3v) is 7.62. The smallest absolute Gasteiger partial charge is 0.119 e. The van der Waals surface area contributed by atoms with Crippen LogP contribution in [0.5, 0.6) is 0 Å². The van der Waals surface area contributed by atoms with E-state index < -0.39 is 29.6 Å². The summed E-state index contributed by atoms with van der Waals surface area (Å²) in [5, 5.41) is 35.2. The average Bonchev–Trinajstić information content (AvgIpc) is 2.70. The SMILES string of the molecule is C=C(N)C1=C(O)C(N(C)C)C2C(O)C3C(=C)c4cccc(C)c4C(=C)C3=C(C)C2(O)C1=C. The molecule has 32 heavy (non-hydrogen) atoms. The van der Waals surface area contributed by atoms with E-state index in [1.807, 2.05) is 32.0 Å². The van der Waals surface area contributed by atoms with Gasteiger partial charge in [-0.2, -0.15) is 0 Å². The van der Waals surface area contributed by atoms with Crippen molar-refractivity contribution in [2.75, 3.05) is 14.1 Å². The molecule has 0 fully saturated rings. The van der Waals surface area contributed by atoms with Crippen molar-refractivity contribution in [2.24, 2.45) is 17.6 Å². The van der Waals surface area contributed by atoms with E-state index in [2.05, 4.69) is 26.3 Å². The van der Waals surface area contributed by atoms with Crippen LogP contribution < -0.4 is 5.73 Å². The molecule has 5 unspecified atom stereocenters. The molecule has 0 aromatic heterocycles. The number of fused-ring (bicyclic) bond motifs is 3. The summed E-state index contributed by atoms with van der Waals surface area (Å²) in [5.41, 5.74) is 10.9. The van der Waals surface area contributed by atoms with Gasteiger partial charge in [-0.05, 0) is 72.5 Å². The van der Waals surface area contributed by atoms with Gasteiger partial charge in [0, 0.05) is 23.1 Å². The van der Waals surface area contributed by atoms with Gasteiger partial charge in [-0.15, -0.1) is 0 Å². The molecular weight excluding hydrogens is 400 g/mol. The van der Waals surface area contributed by atoms with Crippen LogP contribution in [0, 0.1) is 18.8 Å². The van der Waals surface area contributed by atoms with Crippen molar-refractivity contribution in [3.8, 4) is 0 Å². The molecule has 1 aromatic carbocycles. The monoisotopic (exact) mass is 432 g/mol. The van der Waals surface area contributed by atoms with Crippen LogP contribution in [0.2, 0.25) is 0 Å². The van der Waals surface area contributed by atoms with E-state index in [1.54, 1.807) is 19.0 Å². The number of rotatable bonds is 2. The van der Waals surface area contributed by atoms with Gasteiger partial charge in [0.05, 0.1) is 12.1 Å². The molecule has 5 atom stereocenters. The molecule has 5 nitrogen and oxygen atoms in total. The predicted molar refractivity (Wildman–Crippen MR) is 129 cm³/mol. The van der Waals surface area contributed by atoms with Gasteiger partial charge in [0.1, 0.15) is 11.4 Å². The van der Waals surface area contributed by atoms with Crippen LogP contribution in [0.15, 0.2) is 78.3 Å². The topological polar surface area (TPSA) is 90.0 Å². The van der Waals surface area contributed by atoms with Gasteiger partial charge in [0.2, 0.25) is 0 Å². The molecule has 3 aliphatic carbocycles. The van der Waals surface area contributed by atoms with Crippen molar-refractivity contribution in [3.63, 3.8) is 0 Å². The van der Waals surface area contributed by atoms with Crippen molar-refractivity contribution < 1.29 is 15.3 Å². The molecule has 0 spiro atoms. The predicted octanol–water partition coefficient (Wildman–Crippen LogP) is 3.47. The molecule has 0 heterocycles. The molecular formula is C27H32N2O3. The van der Waals surface area contributed by atoms with Gasteiger partial charge in [-0.3, -0.25) is 4.90 Å². The second-order valence-corrected chi connectivity index (χ2v) is 9.47. The third kappa shape index (κ3) is 2.56. The molecule has 0 saturated carbocycles. The molecule has 1 aromatic rings. The number of hydrogen-bond acceptors (Lipinski definition) is 5. The highest BCUT2D eigenvalue weighted by molar-refractivity contribution is 5.96. The Morgan fingerprint density at radius 1 is 1.16 bits per heavy atom. The highest BCUT2D eigenvalue weighted by atomic mass is 16.3. The number of aliphatic hydroxyl groups is 3.